The van der Waals surface area contributed by atoms with Crippen LogP contribution in [0.25, 0.3) is 0 Å². The van der Waals surface area contributed by atoms with Gasteiger partial charge in [0, 0.05) is 7.05 Å². The lowest BCUT2D eigenvalue weighted by atomic mass is 9.61. The molecule has 0 aromatic heterocycles. The molecule has 0 aliphatic carbocycles. The van der Waals surface area contributed by atoms with E-state index in [1.54, 1.807) is 0 Å². The smallest absolute Gasteiger partial charge is 0.596 e. The fraction of sp³-hybridized carbons (Fsp3) is 0.385. The number of quaternary nitrogens is 1. The first-order chi connectivity index (χ1) is 9.29. The van der Waals surface area contributed by atoms with Crippen LogP contribution in [0.2, 0.25) is 0 Å². The van der Waals surface area contributed by atoms with E-state index in [2.05, 4.69) is 22.6 Å². The summed E-state index contributed by atoms with van der Waals surface area (Å²) >= 11 is 2.22. The Morgan fingerprint density at radius 3 is 2.15 bits per heavy atom. The first-order valence-corrected chi connectivity index (χ1v) is 7.47. The van der Waals surface area contributed by atoms with Crippen molar-refractivity contribution in [2.24, 2.45) is 0 Å². The van der Waals surface area contributed by atoms with Crippen molar-refractivity contribution in [3.63, 3.8) is 0 Å². The highest BCUT2D eigenvalue weighted by molar-refractivity contribution is 14.1. The minimum Gasteiger partial charge on any atom is -0.596 e. The summed E-state index contributed by atoms with van der Waals surface area (Å²) in [4.78, 5) is 23.3. The van der Waals surface area contributed by atoms with Crippen LogP contribution >= 0.6 is 22.6 Å². The van der Waals surface area contributed by atoms with E-state index in [-0.39, 0.29) is 29.4 Å². The largest absolute Gasteiger partial charge is 0.610 e. The number of carbonyl (C=O) groups excluding carboxylic acids is 2. The Morgan fingerprint density at radius 2 is 1.65 bits per heavy atom. The summed E-state index contributed by atoms with van der Waals surface area (Å²) in [5, 5.41) is 0. The zero-order valence-corrected chi connectivity index (χ0v) is 13.9. The van der Waals surface area contributed by atoms with E-state index in [1.165, 1.54) is 0 Å². The zero-order chi connectivity index (χ0) is 15.0. The molecule has 0 saturated carbocycles. The molecule has 0 atom stereocenters. The van der Waals surface area contributed by atoms with E-state index in [1.807, 2.05) is 45.2 Å². The Kier molecular flexibility index (Phi) is 4.10. The van der Waals surface area contributed by atoms with Crippen molar-refractivity contribution in [2.45, 2.75) is 13.8 Å². The minimum atomic E-state index is -2.06. The quantitative estimate of drug-likeness (QED) is 0.420. The lowest BCUT2D eigenvalue weighted by Crippen LogP contribution is -2.61. The van der Waals surface area contributed by atoms with Crippen molar-refractivity contribution in [2.75, 3.05) is 20.1 Å². The summed E-state index contributed by atoms with van der Waals surface area (Å²) in [6.07, 6.45) is 7.56. The van der Waals surface area contributed by atoms with Crippen LogP contribution in [0.5, 0.6) is 0 Å². The standard InChI is InChI=1S/C13H17BINO4/c1-10(6-4-5-7-11(2)15)14-16(3,8-12(17)19-14)9-13(18)20-14/h4-7H,8-9H2,1-3H3/b5-4+,10-6+,11-7+. The lowest BCUT2D eigenvalue weighted by molar-refractivity contribution is -0.792. The molecule has 0 aromatic carbocycles. The van der Waals surface area contributed by atoms with Crippen molar-refractivity contribution in [1.82, 2.24) is 0 Å². The average molecular weight is 389 g/mol. The molecular weight excluding hydrogens is 372 g/mol. The van der Waals surface area contributed by atoms with E-state index in [9.17, 15) is 9.59 Å². The molecule has 5 nitrogen and oxygen atoms in total. The summed E-state index contributed by atoms with van der Waals surface area (Å²) in [6, 6.07) is 0. The third-order valence-corrected chi connectivity index (χ3v) is 4.11. The zero-order valence-electron chi connectivity index (χ0n) is 11.8. The Hall–Kier alpha value is -1.09. The molecule has 0 spiro atoms. The topological polar surface area (TPSA) is 52.6 Å². The number of halogens is 1. The molecule has 7 heteroatoms. The van der Waals surface area contributed by atoms with E-state index in [4.69, 9.17) is 9.31 Å². The van der Waals surface area contributed by atoms with Gasteiger partial charge < -0.3 is 13.7 Å². The number of likely N-dealkylation sites (N-methyl/N-ethyl adjacent to an activating group) is 1. The molecule has 0 unspecified atom stereocenters. The molecular formula is C13H17BINO4. The number of nitrogens with zero attached hydrogens (tertiary/aromatic N) is 1. The molecule has 2 rings (SSSR count). The van der Waals surface area contributed by atoms with Crippen LogP contribution < -0.4 is 0 Å². The molecule has 108 valence electrons. The van der Waals surface area contributed by atoms with E-state index in [0.717, 1.165) is 9.05 Å². The Balaban J connectivity index is 2.30. The summed E-state index contributed by atoms with van der Waals surface area (Å²) in [5.41, 5.74) is 0.764. The second-order valence-corrected chi connectivity index (χ2v) is 7.20. The molecule has 2 heterocycles. The fourth-order valence-corrected chi connectivity index (χ4v) is 3.00. The van der Waals surface area contributed by atoms with E-state index < -0.39 is 6.69 Å². The van der Waals surface area contributed by atoms with Gasteiger partial charge in [-0.25, -0.2) is 0 Å². The van der Waals surface area contributed by atoms with Crippen molar-refractivity contribution in [3.05, 3.63) is 33.4 Å². The van der Waals surface area contributed by atoms with Crippen LogP contribution in [0, 0.1) is 0 Å². The van der Waals surface area contributed by atoms with Crippen LogP contribution in [-0.4, -0.2) is 43.2 Å². The van der Waals surface area contributed by atoms with Gasteiger partial charge in [0.15, 0.2) is 0 Å². The van der Waals surface area contributed by atoms with Gasteiger partial charge in [0.1, 0.15) is 13.1 Å². The molecule has 0 radical (unpaired) electrons. The molecule has 0 bridgehead atoms. The molecule has 0 amide bonds. The maximum absolute atomic E-state index is 11.6. The van der Waals surface area contributed by atoms with Gasteiger partial charge in [-0.2, -0.15) is 0 Å². The van der Waals surface area contributed by atoms with Crippen molar-refractivity contribution in [1.29, 1.82) is 0 Å². The normalized spacial score (nSPS) is 34.4. The van der Waals surface area contributed by atoms with Gasteiger partial charge in [-0.05, 0) is 33.1 Å². The van der Waals surface area contributed by atoms with Gasteiger partial charge in [-0.15, -0.1) is 0 Å². The number of hydrogen-bond acceptors (Lipinski definition) is 4. The van der Waals surface area contributed by atoms with Crippen LogP contribution in [0.1, 0.15) is 13.8 Å². The van der Waals surface area contributed by atoms with Crippen molar-refractivity contribution >= 4 is 41.2 Å². The predicted molar refractivity (Wildman–Crippen MR) is 84.5 cm³/mol. The molecule has 2 saturated heterocycles. The third-order valence-electron chi connectivity index (χ3n) is 3.76. The number of fused-ring (bicyclic) bond motifs is 1. The summed E-state index contributed by atoms with van der Waals surface area (Å²) in [5.74, 6) is -0.639. The summed E-state index contributed by atoms with van der Waals surface area (Å²) in [7, 11) is 1.83. The Bertz CT molecular complexity index is 529. The van der Waals surface area contributed by atoms with Crippen LogP contribution in [0.4, 0.5) is 0 Å². The SMILES string of the molecule is C\C(=C/C=C/C=C(\C)I)[B-]12OC(=O)C[N+]1(C)CC(=O)O2. The van der Waals surface area contributed by atoms with Gasteiger partial charge in [0.2, 0.25) is 0 Å². The highest BCUT2D eigenvalue weighted by atomic mass is 127. The first kappa shape index (κ1) is 15.3. The Morgan fingerprint density at radius 1 is 1.15 bits per heavy atom. The molecule has 0 aromatic rings. The van der Waals surface area contributed by atoms with Gasteiger partial charge in [0.25, 0.3) is 0 Å². The number of allylic oxidation sites excluding steroid dienone is 6. The maximum Gasteiger partial charge on any atom is 0.610 e. The van der Waals surface area contributed by atoms with E-state index >= 15 is 0 Å². The highest BCUT2D eigenvalue weighted by Gasteiger charge is 2.65. The highest BCUT2D eigenvalue weighted by Crippen LogP contribution is 2.38. The van der Waals surface area contributed by atoms with Gasteiger partial charge in [0.05, 0.1) is 0 Å². The fourth-order valence-electron chi connectivity index (χ4n) is 2.79. The number of hydrogen-bond donors (Lipinski definition) is 0. The van der Waals surface area contributed by atoms with Crippen LogP contribution in [-0.2, 0) is 18.9 Å². The molecule has 2 aliphatic rings. The summed E-state index contributed by atoms with van der Waals surface area (Å²) in [6.45, 7) is 2.11. The average Bonchev–Trinajstić information content (AvgIpc) is 2.68. The maximum atomic E-state index is 11.6. The molecule has 2 fully saturated rings. The monoisotopic (exact) mass is 389 g/mol. The number of rotatable bonds is 3. The molecule has 20 heavy (non-hydrogen) atoms. The molecule has 0 N–H and O–H groups in total. The first-order valence-electron chi connectivity index (χ1n) is 6.39. The van der Waals surface area contributed by atoms with E-state index in [0.29, 0.717) is 0 Å². The van der Waals surface area contributed by atoms with Crippen molar-refractivity contribution < 1.29 is 23.3 Å². The second-order valence-electron chi connectivity index (χ2n) is 5.50. The van der Waals surface area contributed by atoms with Crippen LogP contribution in [0.15, 0.2) is 33.4 Å². The predicted octanol–water partition coefficient (Wildman–Crippen LogP) is 1.87. The number of carbonyl (C=O) groups is 2. The second kappa shape index (κ2) is 5.36. The van der Waals surface area contributed by atoms with Gasteiger partial charge in [-0.3, -0.25) is 9.59 Å². The van der Waals surface area contributed by atoms with Gasteiger partial charge >= 0.3 is 18.6 Å². The van der Waals surface area contributed by atoms with Crippen LogP contribution in [0.3, 0.4) is 0 Å². The molecule has 2 aliphatic heterocycles. The third kappa shape index (κ3) is 2.56. The Labute approximate surface area is 132 Å². The lowest BCUT2D eigenvalue weighted by Gasteiger charge is -2.40. The summed E-state index contributed by atoms with van der Waals surface area (Å²) < 4.78 is 12.2. The van der Waals surface area contributed by atoms with Gasteiger partial charge in [-0.1, -0.05) is 36.7 Å². The van der Waals surface area contributed by atoms with Crippen molar-refractivity contribution in [3.8, 4) is 0 Å². The minimum absolute atomic E-state index is 0.174.